The highest BCUT2D eigenvalue weighted by atomic mass is 28.4. The van der Waals surface area contributed by atoms with Gasteiger partial charge in [0.15, 0.2) is 0 Å². The molecule has 0 amide bonds. The van der Waals surface area contributed by atoms with Crippen LogP contribution in [0, 0.1) is 17.3 Å². The second-order valence-corrected chi connectivity index (χ2v) is 14.7. The first-order valence-electron chi connectivity index (χ1n) is 11.1. The Morgan fingerprint density at radius 1 is 0.903 bits per heavy atom. The first-order chi connectivity index (χ1) is 14.6. The lowest BCUT2D eigenvalue weighted by Gasteiger charge is -2.43. The van der Waals surface area contributed by atoms with Crippen molar-refractivity contribution in [3.8, 4) is 0 Å². The zero-order valence-electron chi connectivity index (χ0n) is 19.4. The van der Waals surface area contributed by atoms with Gasteiger partial charge in [0.2, 0.25) is 0 Å². The minimum atomic E-state index is -2.50. The third-order valence-electron chi connectivity index (χ3n) is 6.37. The Kier molecular flexibility index (Phi) is 7.09. The molecule has 3 rings (SSSR count). The van der Waals surface area contributed by atoms with Crippen molar-refractivity contribution in [1.29, 1.82) is 0 Å². The Morgan fingerprint density at radius 3 is 1.84 bits per heavy atom. The molecule has 0 aromatic heterocycles. The molecule has 2 atom stereocenters. The van der Waals surface area contributed by atoms with Crippen LogP contribution < -0.4 is 10.4 Å². The molecular formula is C26H36O4Si. The van der Waals surface area contributed by atoms with Gasteiger partial charge in [0.25, 0.3) is 8.32 Å². The number of carbonyl (C=O) groups is 1. The lowest BCUT2D eigenvalue weighted by molar-refractivity contribution is -0.150. The first kappa shape index (κ1) is 23.7. The van der Waals surface area contributed by atoms with Gasteiger partial charge in [-0.25, -0.2) is 0 Å². The number of rotatable bonds is 10. The minimum Gasteiger partial charge on any atom is -0.481 e. The van der Waals surface area contributed by atoms with Crippen molar-refractivity contribution in [2.45, 2.75) is 46.1 Å². The highest BCUT2D eigenvalue weighted by molar-refractivity contribution is 6.99. The maximum absolute atomic E-state index is 11.3. The standard InChI is InChI=1S/C26H36O4Si/c1-25(2,3)31(22-12-8-6-9-13-22,23-14-10-7-11-15-23)30-18-21-16-20(21)17-29-19-26(4,5)24(27)28/h6-15,20-21H,16-19H2,1-5H3,(H,27,28)/t20-,21+/m0/s1. The van der Waals surface area contributed by atoms with Crippen LogP contribution in [0.3, 0.4) is 0 Å². The number of carboxylic acid groups (broad SMARTS) is 1. The minimum absolute atomic E-state index is 0.0257. The molecule has 1 saturated carbocycles. The second-order valence-electron chi connectivity index (χ2n) is 10.4. The number of aliphatic carboxylic acids is 1. The highest BCUT2D eigenvalue weighted by Gasteiger charge is 2.51. The third-order valence-corrected chi connectivity index (χ3v) is 11.4. The molecule has 0 spiro atoms. The molecule has 2 aromatic rings. The van der Waals surface area contributed by atoms with Crippen LogP contribution in [0.4, 0.5) is 0 Å². The summed E-state index contributed by atoms with van der Waals surface area (Å²) < 4.78 is 12.8. The predicted octanol–water partition coefficient (Wildman–Crippen LogP) is 4.33. The summed E-state index contributed by atoms with van der Waals surface area (Å²) in [5, 5.41) is 11.8. The molecule has 0 aliphatic heterocycles. The number of benzene rings is 2. The Balaban J connectivity index is 1.72. The van der Waals surface area contributed by atoms with E-state index in [2.05, 4.69) is 81.4 Å². The van der Waals surface area contributed by atoms with Crippen molar-refractivity contribution < 1.29 is 19.1 Å². The molecule has 31 heavy (non-hydrogen) atoms. The topological polar surface area (TPSA) is 55.8 Å². The fraction of sp³-hybridized carbons (Fsp3) is 0.500. The zero-order valence-corrected chi connectivity index (χ0v) is 20.4. The van der Waals surface area contributed by atoms with Crippen molar-refractivity contribution in [2.24, 2.45) is 17.3 Å². The highest BCUT2D eigenvalue weighted by Crippen LogP contribution is 2.42. The maximum Gasteiger partial charge on any atom is 0.311 e. The van der Waals surface area contributed by atoms with Gasteiger partial charge in [0.1, 0.15) is 0 Å². The molecule has 0 bridgehead atoms. The van der Waals surface area contributed by atoms with Crippen LogP contribution in [0.15, 0.2) is 60.7 Å². The average Bonchev–Trinajstić information content (AvgIpc) is 3.47. The smallest absolute Gasteiger partial charge is 0.311 e. The monoisotopic (exact) mass is 440 g/mol. The molecule has 0 radical (unpaired) electrons. The van der Waals surface area contributed by atoms with Gasteiger partial charge in [0, 0.05) is 13.2 Å². The molecule has 2 aromatic carbocycles. The summed E-state index contributed by atoms with van der Waals surface area (Å²) in [5.41, 5.74) is -0.851. The predicted molar refractivity (Wildman–Crippen MR) is 127 cm³/mol. The van der Waals surface area contributed by atoms with Crippen LogP contribution in [-0.2, 0) is 14.0 Å². The van der Waals surface area contributed by atoms with Crippen LogP contribution >= 0.6 is 0 Å². The third kappa shape index (κ3) is 5.28. The van der Waals surface area contributed by atoms with Crippen LogP contribution in [0.5, 0.6) is 0 Å². The quantitative estimate of drug-likeness (QED) is 0.559. The maximum atomic E-state index is 11.3. The Bertz CT molecular complexity index is 818. The lowest BCUT2D eigenvalue weighted by atomic mass is 9.95. The van der Waals surface area contributed by atoms with E-state index in [-0.39, 0.29) is 11.6 Å². The molecule has 5 heteroatoms. The summed E-state index contributed by atoms with van der Waals surface area (Å²) in [4.78, 5) is 11.3. The van der Waals surface area contributed by atoms with Crippen LogP contribution in [-0.4, -0.2) is 39.2 Å². The molecule has 1 N–H and O–H groups in total. The molecular weight excluding hydrogens is 404 g/mol. The van der Waals surface area contributed by atoms with Gasteiger partial charge in [-0.3, -0.25) is 4.79 Å². The Morgan fingerprint density at radius 2 is 1.39 bits per heavy atom. The summed E-state index contributed by atoms with van der Waals surface area (Å²) in [6, 6.07) is 21.4. The van der Waals surface area contributed by atoms with Gasteiger partial charge in [-0.05, 0) is 47.5 Å². The van der Waals surface area contributed by atoms with E-state index in [0.717, 1.165) is 6.42 Å². The van der Waals surface area contributed by atoms with Gasteiger partial charge in [-0.15, -0.1) is 0 Å². The van der Waals surface area contributed by atoms with E-state index in [9.17, 15) is 9.90 Å². The van der Waals surface area contributed by atoms with Crippen LogP contribution in [0.1, 0.15) is 41.0 Å². The van der Waals surface area contributed by atoms with E-state index in [0.29, 0.717) is 25.0 Å². The number of hydrogen-bond donors (Lipinski definition) is 1. The van der Waals surface area contributed by atoms with E-state index < -0.39 is 19.7 Å². The van der Waals surface area contributed by atoms with E-state index in [1.165, 1.54) is 10.4 Å². The summed E-state index contributed by atoms with van der Waals surface area (Å²) in [6.45, 7) is 11.8. The molecule has 0 heterocycles. The van der Waals surface area contributed by atoms with E-state index in [4.69, 9.17) is 9.16 Å². The van der Waals surface area contributed by atoms with Crippen molar-refractivity contribution in [3.63, 3.8) is 0 Å². The largest absolute Gasteiger partial charge is 0.481 e. The molecule has 4 nitrogen and oxygen atoms in total. The van der Waals surface area contributed by atoms with Crippen molar-refractivity contribution in [3.05, 3.63) is 60.7 Å². The fourth-order valence-electron chi connectivity index (χ4n) is 4.24. The summed E-state index contributed by atoms with van der Waals surface area (Å²) in [7, 11) is -2.50. The normalized spacial score (nSPS) is 19.3. The summed E-state index contributed by atoms with van der Waals surface area (Å²) >= 11 is 0. The van der Waals surface area contributed by atoms with Crippen LogP contribution in [0.25, 0.3) is 0 Å². The molecule has 168 valence electrons. The van der Waals surface area contributed by atoms with Gasteiger partial charge >= 0.3 is 5.97 Å². The van der Waals surface area contributed by atoms with Gasteiger partial charge in [0.05, 0.1) is 12.0 Å². The lowest BCUT2D eigenvalue weighted by Crippen LogP contribution is -2.66. The SMILES string of the molecule is CC(C)(COC[C@@H]1C[C@@H]1CO[Si](c1ccccc1)(c1ccccc1)C(C)(C)C)C(=O)O. The van der Waals surface area contributed by atoms with Crippen molar-refractivity contribution in [2.75, 3.05) is 19.8 Å². The number of carboxylic acids is 1. The molecule has 1 fully saturated rings. The molecule has 1 aliphatic carbocycles. The summed E-state index contributed by atoms with van der Waals surface area (Å²) in [6.07, 6.45) is 1.08. The zero-order chi connectivity index (χ0) is 22.7. The van der Waals surface area contributed by atoms with Gasteiger partial charge in [-0.1, -0.05) is 81.4 Å². The van der Waals surface area contributed by atoms with Crippen LogP contribution in [0.2, 0.25) is 5.04 Å². The number of ether oxygens (including phenoxy) is 1. The second kappa shape index (κ2) is 9.27. The molecule has 0 saturated heterocycles. The van der Waals surface area contributed by atoms with E-state index >= 15 is 0 Å². The van der Waals surface area contributed by atoms with Gasteiger partial charge < -0.3 is 14.3 Å². The Hall–Kier alpha value is -1.95. The fourth-order valence-corrected chi connectivity index (χ4v) is 8.86. The summed E-state index contributed by atoms with van der Waals surface area (Å²) in [5.74, 6) is 0.0901. The first-order valence-corrected chi connectivity index (χ1v) is 13.0. The Labute approximate surface area is 187 Å². The number of hydrogen-bond acceptors (Lipinski definition) is 3. The van der Waals surface area contributed by atoms with Crippen molar-refractivity contribution in [1.82, 2.24) is 0 Å². The molecule has 1 aliphatic rings. The molecule has 0 unspecified atom stereocenters. The van der Waals surface area contributed by atoms with Gasteiger partial charge in [-0.2, -0.15) is 0 Å². The van der Waals surface area contributed by atoms with E-state index in [1.54, 1.807) is 13.8 Å². The van der Waals surface area contributed by atoms with Crippen molar-refractivity contribution >= 4 is 24.7 Å². The average molecular weight is 441 g/mol. The van der Waals surface area contributed by atoms with E-state index in [1.807, 2.05) is 0 Å².